The van der Waals surface area contributed by atoms with Gasteiger partial charge in [-0.3, -0.25) is 14.7 Å². The van der Waals surface area contributed by atoms with Gasteiger partial charge in [0.2, 0.25) is 0 Å². The van der Waals surface area contributed by atoms with Crippen LogP contribution in [0.2, 0.25) is 0 Å². The highest BCUT2D eigenvalue weighted by Gasteiger charge is 2.22. The smallest absolute Gasteiger partial charge is 0.262 e. The molecule has 1 aromatic heterocycles. The summed E-state index contributed by atoms with van der Waals surface area (Å²) < 4.78 is 19.5. The summed E-state index contributed by atoms with van der Waals surface area (Å²) in [5, 5.41) is 3.88. The molecule has 0 bridgehead atoms. The number of anilines is 2. The highest BCUT2D eigenvalue weighted by Crippen LogP contribution is 2.32. The summed E-state index contributed by atoms with van der Waals surface area (Å²) in [5.41, 5.74) is 4.58. The van der Waals surface area contributed by atoms with Crippen molar-refractivity contribution < 1.29 is 13.9 Å². The number of ether oxygens (including phenoxy) is 1. The van der Waals surface area contributed by atoms with Crippen molar-refractivity contribution in [2.45, 2.75) is 13.3 Å². The van der Waals surface area contributed by atoms with Gasteiger partial charge in [-0.1, -0.05) is 6.07 Å². The quantitative estimate of drug-likeness (QED) is 0.647. The maximum absolute atomic E-state index is 14.3. The van der Waals surface area contributed by atoms with Gasteiger partial charge in [0.25, 0.3) is 5.91 Å². The van der Waals surface area contributed by atoms with E-state index in [1.54, 1.807) is 0 Å². The van der Waals surface area contributed by atoms with E-state index in [2.05, 4.69) is 50.4 Å². The number of nitrogens with one attached hydrogen (secondary N) is 1. The number of fused-ring (bicyclic) bond motifs is 2. The predicted molar refractivity (Wildman–Crippen MR) is 127 cm³/mol. The van der Waals surface area contributed by atoms with Crippen molar-refractivity contribution in [3.63, 3.8) is 0 Å². The lowest BCUT2D eigenvalue weighted by molar-refractivity contribution is -0.118. The lowest BCUT2D eigenvalue weighted by Gasteiger charge is -2.36. The van der Waals surface area contributed by atoms with Crippen LogP contribution in [0.1, 0.15) is 11.3 Å². The Morgan fingerprint density at radius 1 is 1.12 bits per heavy atom. The highest BCUT2D eigenvalue weighted by molar-refractivity contribution is 5.95. The molecule has 1 N–H and O–H groups in total. The molecule has 1 amide bonds. The van der Waals surface area contributed by atoms with Gasteiger partial charge < -0.3 is 15.0 Å². The number of nitrogens with zero attached hydrogens (tertiary/aromatic N) is 3. The molecule has 0 aliphatic carbocycles. The Kier molecular flexibility index (Phi) is 6.48. The van der Waals surface area contributed by atoms with Crippen LogP contribution in [0.3, 0.4) is 0 Å². The molecule has 0 atom stereocenters. The lowest BCUT2D eigenvalue weighted by Crippen LogP contribution is -2.47. The number of halogens is 2. The first kappa shape index (κ1) is 22.3. The zero-order valence-electron chi connectivity index (χ0n) is 17.9. The van der Waals surface area contributed by atoms with E-state index < -0.39 is 5.82 Å². The number of carbonyl (C=O) groups excluding carboxylic acids is 1. The van der Waals surface area contributed by atoms with Gasteiger partial charge in [0.15, 0.2) is 18.2 Å². The summed E-state index contributed by atoms with van der Waals surface area (Å²) in [7, 11) is 0. The van der Waals surface area contributed by atoms with E-state index in [1.807, 2.05) is 13.0 Å². The zero-order chi connectivity index (χ0) is 21.4. The Morgan fingerprint density at radius 2 is 1.94 bits per heavy atom. The van der Waals surface area contributed by atoms with E-state index >= 15 is 0 Å². The van der Waals surface area contributed by atoms with Gasteiger partial charge in [-0.2, -0.15) is 0 Å². The fourth-order valence-electron chi connectivity index (χ4n) is 4.37. The SMILES string of the molecule is Cc1ccc2c(N3CCN(CCc4cc(F)c5c(c4)NC(=O)CO5)CC3)cccc2n1.Cl. The molecule has 2 aliphatic heterocycles. The molecule has 0 saturated carbocycles. The number of piperazine rings is 1. The normalized spacial score (nSPS) is 16.2. The van der Waals surface area contributed by atoms with Crippen LogP contribution in [-0.2, 0) is 11.2 Å². The number of amides is 1. The average Bonchev–Trinajstić information content (AvgIpc) is 2.77. The van der Waals surface area contributed by atoms with Crippen molar-refractivity contribution in [2.75, 3.05) is 49.5 Å². The summed E-state index contributed by atoms with van der Waals surface area (Å²) in [4.78, 5) is 21.0. The Labute approximate surface area is 192 Å². The first-order valence-electron chi connectivity index (χ1n) is 10.7. The van der Waals surface area contributed by atoms with Crippen LogP contribution in [0.5, 0.6) is 5.75 Å². The van der Waals surface area contributed by atoms with E-state index in [0.29, 0.717) is 5.69 Å². The topological polar surface area (TPSA) is 57.7 Å². The number of benzene rings is 2. The lowest BCUT2D eigenvalue weighted by atomic mass is 10.1. The molecule has 5 rings (SSSR count). The first-order chi connectivity index (χ1) is 15.1. The van der Waals surface area contributed by atoms with Gasteiger partial charge in [-0.25, -0.2) is 4.39 Å². The third kappa shape index (κ3) is 4.49. The van der Waals surface area contributed by atoms with Gasteiger partial charge >= 0.3 is 0 Å². The van der Waals surface area contributed by atoms with Crippen molar-refractivity contribution in [3.8, 4) is 5.75 Å². The molecule has 0 radical (unpaired) electrons. The average molecular weight is 457 g/mol. The van der Waals surface area contributed by atoms with E-state index in [4.69, 9.17) is 4.74 Å². The second-order valence-corrected chi connectivity index (χ2v) is 8.17. The Morgan fingerprint density at radius 3 is 2.75 bits per heavy atom. The third-order valence-electron chi connectivity index (χ3n) is 6.00. The molecular weight excluding hydrogens is 431 g/mol. The van der Waals surface area contributed by atoms with Crippen LogP contribution in [-0.4, -0.2) is 55.1 Å². The minimum atomic E-state index is -0.419. The third-order valence-corrected chi connectivity index (χ3v) is 6.00. The van der Waals surface area contributed by atoms with Crippen LogP contribution >= 0.6 is 12.4 Å². The fraction of sp³-hybridized carbons (Fsp3) is 0.333. The molecule has 6 nitrogen and oxygen atoms in total. The maximum atomic E-state index is 14.3. The molecule has 2 aromatic carbocycles. The number of hydrogen-bond donors (Lipinski definition) is 1. The van der Waals surface area contributed by atoms with Crippen molar-refractivity contribution in [2.24, 2.45) is 0 Å². The molecular formula is C24H26ClFN4O2. The van der Waals surface area contributed by atoms with Crippen molar-refractivity contribution in [1.29, 1.82) is 0 Å². The van der Waals surface area contributed by atoms with Gasteiger partial charge in [-0.15, -0.1) is 12.4 Å². The number of pyridine rings is 1. The minimum absolute atomic E-state index is 0. The first-order valence-corrected chi connectivity index (χ1v) is 10.7. The van der Waals surface area contributed by atoms with Crippen LogP contribution in [0, 0.1) is 12.7 Å². The van der Waals surface area contributed by atoms with Crippen molar-refractivity contribution in [3.05, 3.63) is 59.5 Å². The second kappa shape index (κ2) is 9.30. The molecule has 8 heteroatoms. The van der Waals surface area contributed by atoms with E-state index in [1.165, 1.54) is 17.1 Å². The van der Waals surface area contributed by atoms with Crippen LogP contribution in [0.15, 0.2) is 42.5 Å². The van der Waals surface area contributed by atoms with Crippen LogP contribution in [0.25, 0.3) is 10.9 Å². The summed E-state index contributed by atoms with van der Waals surface area (Å²) >= 11 is 0. The Balaban J connectivity index is 0.00000245. The van der Waals surface area contributed by atoms with E-state index in [9.17, 15) is 9.18 Å². The number of rotatable bonds is 4. The molecule has 3 aromatic rings. The molecule has 2 aliphatic rings. The molecule has 1 fully saturated rings. The molecule has 1 saturated heterocycles. The molecule has 3 heterocycles. The van der Waals surface area contributed by atoms with Gasteiger partial charge in [0, 0.05) is 49.5 Å². The minimum Gasteiger partial charge on any atom is -0.478 e. The summed E-state index contributed by atoms with van der Waals surface area (Å²) in [6, 6.07) is 13.9. The number of hydrogen-bond acceptors (Lipinski definition) is 5. The monoisotopic (exact) mass is 456 g/mol. The maximum Gasteiger partial charge on any atom is 0.262 e. The predicted octanol–water partition coefficient (Wildman–Crippen LogP) is 3.80. The summed E-state index contributed by atoms with van der Waals surface area (Å²) in [6.45, 7) is 6.49. The Bertz CT molecular complexity index is 1150. The van der Waals surface area contributed by atoms with Gasteiger partial charge in [0.1, 0.15) is 0 Å². The van der Waals surface area contributed by atoms with E-state index in [0.717, 1.165) is 55.9 Å². The van der Waals surface area contributed by atoms with Crippen molar-refractivity contribution in [1.82, 2.24) is 9.88 Å². The van der Waals surface area contributed by atoms with Gasteiger partial charge in [0.05, 0.1) is 11.2 Å². The van der Waals surface area contributed by atoms with E-state index in [-0.39, 0.29) is 30.7 Å². The fourth-order valence-corrected chi connectivity index (χ4v) is 4.37. The largest absolute Gasteiger partial charge is 0.478 e. The molecule has 32 heavy (non-hydrogen) atoms. The van der Waals surface area contributed by atoms with Crippen LogP contribution < -0.4 is 15.0 Å². The zero-order valence-corrected chi connectivity index (χ0v) is 18.8. The second-order valence-electron chi connectivity index (χ2n) is 8.17. The highest BCUT2D eigenvalue weighted by atomic mass is 35.5. The van der Waals surface area contributed by atoms with Crippen molar-refractivity contribution >= 4 is 40.6 Å². The molecule has 168 valence electrons. The summed E-state index contributed by atoms with van der Waals surface area (Å²) in [5.74, 6) is -0.534. The number of aryl methyl sites for hydroxylation is 1. The number of carbonyl (C=O) groups is 1. The molecule has 0 spiro atoms. The van der Waals surface area contributed by atoms with Crippen LogP contribution in [0.4, 0.5) is 15.8 Å². The summed E-state index contributed by atoms with van der Waals surface area (Å²) in [6.07, 6.45) is 0.720. The number of aromatic nitrogens is 1. The molecule has 0 unspecified atom stereocenters. The Hall–Kier alpha value is -2.90. The van der Waals surface area contributed by atoms with Gasteiger partial charge in [-0.05, 0) is 55.3 Å². The standard InChI is InChI=1S/C24H25FN4O2.ClH/c1-16-5-6-18-20(26-16)3-2-4-22(18)29-11-9-28(10-12-29)8-7-17-13-19(25)24-21(14-17)27-23(30)15-31-24;/h2-6,13-14H,7-12,15H2,1H3,(H,27,30);1H.